The van der Waals surface area contributed by atoms with Gasteiger partial charge in [-0.2, -0.15) is 0 Å². The van der Waals surface area contributed by atoms with Gasteiger partial charge in [0.1, 0.15) is 0 Å². The Morgan fingerprint density at radius 1 is 1.29 bits per heavy atom. The summed E-state index contributed by atoms with van der Waals surface area (Å²) in [5.74, 6) is -0.718. The van der Waals surface area contributed by atoms with E-state index in [4.69, 9.17) is 5.11 Å². The van der Waals surface area contributed by atoms with Gasteiger partial charge in [0.2, 0.25) is 0 Å². The smallest absolute Gasteiger partial charge is 0.305 e. The molecule has 1 aliphatic carbocycles. The predicted octanol–water partition coefficient (Wildman–Crippen LogP) is 4.24. The Balaban J connectivity index is 2.17. The van der Waals surface area contributed by atoms with Crippen LogP contribution in [0.25, 0.3) is 0 Å². The molecule has 0 aliphatic heterocycles. The molecule has 0 spiro atoms. The van der Waals surface area contributed by atoms with Crippen LogP contribution in [0.2, 0.25) is 0 Å². The second-order valence-corrected chi connectivity index (χ2v) is 7.02. The zero-order chi connectivity index (χ0) is 15.5. The van der Waals surface area contributed by atoms with Gasteiger partial charge in [-0.05, 0) is 49.7 Å². The van der Waals surface area contributed by atoms with Crippen molar-refractivity contribution in [2.45, 2.75) is 58.9 Å². The van der Waals surface area contributed by atoms with Crippen LogP contribution in [0.1, 0.15) is 51.5 Å². The number of aliphatic carboxylic acids is 1. The van der Waals surface area contributed by atoms with E-state index in [1.807, 2.05) is 12.1 Å². The Morgan fingerprint density at radius 3 is 2.48 bits per heavy atom. The number of para-hydroxylation sites is 1. The van der Waals surface area contributed by atoms with Crippen molar-refractivity contribution in [2.24, 2.45) is 5.41 Å². The lowest BCUT2D eigenvalue weighted by Crippen LogP contribution is -2.41. The molecular formula is C18H27NO2. The molecule has 0 radical (unpaired) electrons. The third kappa shape index (κ3) is 4.23. The standard InChI is InChI=1S/C18H27NO2/c1-14-6-4-5-7-16(14)19(13-10-17(20)21)15-8-11-18(2,3)12-9-15/h4-7,15H,8-13H2,1-3H3,(H,20,21). The summed E-state index contributed by atoms with van der Waals surface area (Å²) in [6.07, 6.45) is 4.94. The van der Waals surface area contributed by atoms with Crippen LogP contribution in [0.3, 0.4) is 0 Å². The number of nitrogens with zero attached hydrogens (tertiary/aromatic N) is 1. The van der Waals surface area contributed by atoms with Gasteiger partial charge >= 0.3 is 5.97 Å². The van der Waals surface area contributed by atoms with Crippen LogP contribution in [-0.4, -0.2) is 23.7 Å². The highest BCUT2D eigenvalue weighted by Gasteiger charge is 2.30. The van der Waals surface area contributed by atoms with Crippen molar-refractivity contribution >= 4 is 11.7 Å². The number of carboxylic acids is 1. The highest BCUT2D eigenvalue weighted by atomic mass is 16.4. The van der Waals surface area contributed by atoms with Crippen molar-refractivity contribution < 1.29 is 9.90 Å². The van der Waals surface area contributed by atoms with Crippen LogP contribution < -0.4 is 4.90 Å². The van der Waals surface area contributed by atoms with Gasteiger partial charge in [-0.3, -0.25) is 4.79 Å². The molecule has 0 aromatic heterocycles. The van der Waals surface area contributed by atoms with Gasteiger partial charge in [0.15, 0.2) is 0 Å². The molecule has 0 bridgehead atoms. The van der Waals surface area contributed by atoms with Crippen LogP contribution in [0.5, 0.6) is 0 Å². The minimum atomic E-state index is -0.718. The van der Waals surface area contributed by atoms with E-state index in [0.717, 1.165) is 12.8 Å². The summed E-state index contributed by atoms with van der Waals surface area (Å²) < 4.78 is 0. The van der Waals surface area contributed by atoms with Gasteiger partial charge in [0, 0.05) is 18.3 Å². The molecule has 1 aliphatic rings. The van der Waals surface area contributed by atoms with Gasteiger partial charge in [-0.15, -0.1) is 0 Å². The topological polar surface area (TPSA) is 40.5 Å². The number of hydrogen-bond donors (Lipinski definition) is 1. The van der Waals surface area contributed by atoms with Crippen molar-refractivity contribution in [3.05, 3.63) is 29.8 Å². The monoisotopic (exact) mass is 289 g/mol. The van der Waals surface area contributed by atoms with Crippen LogP contribution in [-0.2, 0) is 4.79 Å². The van der Waals surface area contributed by atoms with Crippen LogP contribution >= 0.6 is 0 Å². The fraction of sp³-hybridized carbons (Fsp3) is 0.611. The maximum absolute atomic E-state index is 11.0. The Morgan fingerprint density at radius 2 is 1.90 bits per heavy atom. The lowest BCUT2D eigenvalue weighted by molar-refractivity contribution is -0.136. The molecule has 0 heterocycles. The van der Waals surface area contributed by atoms with Crippen molar-refractivity contribution in [1.29, 1.82) is 0 Å². The summed E-state index contributed by atoms with van der Waals surface area (Å²) >= 11 is 0. The Bertz CT molecular complexity index is 486. The minimum absolute atomic E-state index is 0.203. The average molecular weight is 289 g/mol. The van der Waals surface area contributed by atoms with E-state index in [-0.39, 0.29) is 6.42 Å². The first kappa shape index (κ1) is 15.9. The molecule has 21 heavy (non-hydrogen) atoms. The largest absolute Gasteiger partial charge is 0.481 e. The van der Waals surface area contributed by atoms with E-state index in [2.05, 4.69) is 37.8 Å². The van der Waals surface area contributed by atoms with Gasteiger partial charge in [0.05, 0.1) is 6.42 Å². The maximum Gasteiger partial charge on any atom is 0.305 e. The first-order chi connectivity index (χ1) is 9.89. The zero-order valence-electron chi connectivity index (χ0n) is 13.4. The van der Waals surface area contributed by atoms with Crippen molar-refractivity contribution in [1.82, 2.24) is 0 Å². The number of rotatable bonds is 5. The van der Waals surface area contributed by atoms with E-state index in [0.29, 0.717) is 18.0 Å². The third-order valence-corrected chi connectivity index (χ3v) is 4.74. The van der Waals surface area contributed by atoms with Gasteiger partial charge < -0.3 is 10.0 Å². The van der Waals surface area contributed by atoms with E-state index in [1.165, 1.54) is 24.1 Å². The molecular weight excluding hydrogens is 262 g/mol. The first-order valence-electron chi connectivity index (χ1n) is 7.93. The van der Waals surface area contributed by atoms with Gasteiger partial charge in [-0.1, -0.05) is 32.0 Å². The number of hydrogen-bond acceptors (Lipinski definition) is 2. The van der Waals surface area contributed by atoms with Crippen LogP contribution in [0.15, 0.2) is 24.3 Å². The number of carbonyl (C=O) groups is 1. The average Bonchev–Trinajstić information content (AvgIpc) is 2.42. The SMILES string of the molecule is Cc1ccccc1N(CCC(=O)O)C1CCC(C)(C)CC1. The Hall–Kier alpha value is -1.51. The molecule has 1 fully saturated rings. The molecule has 0 atom stereocenters. The summed E-state index contributed by atoms with van der Waals surface area (Å²) in [4.78, 5) is 13.3. The summed E-state index contributed by atoms with van der Waals surface area (Å²) in [5, 5.41) is 9.03. The van der Waals surface area contributed by atoms with E-state index < -0.39 is 5.97 Å². The summed E-state index contributed by atoms with van der Waals surface area (Å²) in [5.41, 5.74) is 2.86. The molecule has 0 amide bonds. The molecule has 0 saturated heterocycles. The van der Waals surface area contributed by atoms with Gasteiger partial charge in [0.25, 0.3) is 0 Å². The molecule has 1 saturated carbocycles. The van der Waals surface area contributed by atoms with E-state index >= 15 is 0 Å². The fourth-order valence-corrected chi connectivity index (χ4v) is 3.30. The van der Waals surface area contributed by atoms with Crippen LogP contribution in [0, 0.1) is 12.3 Å². The van der Waals surface area contributed by atoms with Crippen molar-refractivity contribution in [2.75, 3.05) is 11.4 Å². The lowest BCUT2D eigenvalue weighted by Gasteiger charge is -2.41. The summed E-state index contributed by atoms with van der Waals surface area (Å²) in [6.45, 7) is 7.37. The molecule has 3 heteroatoms. The van der Waals surface area contributed by atoms with Crippen molar-refractivity contribution in [3.8, 4) is 0 Å². The quantitative estimate of drug-likeness (QED) is 0.881. The fourth-order valence-electron chi connectivity index (χ4n) is 3.30. The Labute approximate surface area is 128 Å². The second-order valence-electron chi connectivity index (χ2n) is 7.02. The zero-order valence-corrected chi connectivity index (χ0v) is 13.4. The lowest BCUT2D eigenvalue weighted by atomic mass is 9.75. The third-order valence-electron chi connectivity index (χ3n) is 4.74. The molecule has 2 rings (SSSR count). The van der Waals surface area contributed by atoms with Gasteiger partial charge in [-0.25, -0.2) is 0 Å². The molecule has 116 valence electrons. The molecule has 1 N–H and O–H groups in total. The first-order valence-corrected chi connectivity index (χ1v) is 7.93. The number of aryl methyl sites for hydroxylation is 1. The minimum Gasteiger partial charge on any atom is -0.481 e. The summed E-state index contributed by atoms with van der Waals surface area (Å²) in [6, 6.07) is 8.78. The van der Waals surface area contributed by atoms with E-state index in [1.54, 1.807) is 0 Å². The normalized spacial score (nSPS) is 18.4. The number of anilines is 1. The molecule has 1 aromatic carbocycles. The second kappa shape index (κ2) is 6.50. The van der Waals surface area contributed by atoms with E-state index in [9.17, 15) is 4.79 Å². The molecule has 1 aromatic rings. The highest BCUT2D eigenvalue weighted by molar-refractivity contribution is 5.68. The summed E-state index contributed by atoms with van der Waals surface area (Å²) in [7, 11) is 0. The predicted molar refractivity (Wildman–Crippen MR) is 86.8 cm³/mol. The number of carboxylic acid groups (broad SMARTS) is 1. The molecule has 3 nitrogen and oxygen atoms in total. The Kier molecular flexibility index (Phi) is 4.92. The van der Waals surface area contributed by atoms with Crippen molar-refractivity contribution in [3.63, 3.8) is 0 Å². The highest BCUT2D eigenvalue weighted by Crippen LogP contribution is 2.38. The molecule has 0 unspecified atom stereocenters. The van der Waals surface area contributed by atoms with Crippen LogP contribution in [0.4, 0.5) is 5.69 Å². The maximum atomic E-state index is 11.0. The number of benzene rings is 1.